The maximum Gasteiger partial charge on any atom is 0.0214 e. The van der Waals surface area contributed by atoms with Crippen LogP contribution >= 0.6 is 0 Å². The Balaban J connectivity index is 0.00000141. The van der Waals surface area contributed by atoms with Crippen LogP contribution in [0, 0.1) is 35.0 Å². The summed E-state index contributed by atoms with van der Waals surface area (Å²) >= 11 is 0. The van der Waals surface area contributed by atoms with E-state index in [-0.39, 0.29) is 5.54 Å². The highest BCUT2D eigenvalue weighted by Crippen LogP contribution is 2.60. The second-order valence-electron chi connectivity index (χ2n) is 12.1. The average Bonchev–Trinajstić information content (AvgIpc) is 2.91. The van der Waals surface area contributed by atoms with Crippen molar-refractivity contribution in [3.63, 3.8) is 0 Å². The van der Waals surface area contributed by atoms with E-state index in [9.17, 15) is 0 Å². The minimum Gasteiger partial charge on any atom is -0.325 e. The van der Waals surface area contributed by atoms with Crippen molar-refractivity contribution in [2.24, 2.45) is 40.7 Å². The van der Waals surface area contributed by atoms with Gasteiger partial charge in [0.05, 0.1) is 0 Å². The molecule has 0 aromatic heterocycles. The molecule has 7 unspecified atom stereocenters. The monoisotopic (exact) mass is 480 g/mol. The Kier molecular flexibility index (Phi) is 18.2. The molecule has 206 valence electrons. The van der Waals surface area contributed by atoms with E-state index < -0.39 is 0 Å². The van der Waals surface area contributed by atoms with Crippen molar-refractivity contribution in [2.45, 2.75) is 178 Å². The summed E-state index contributed by atoms with van der Waals surface area (Å²) in [7, 11) is 0. The van der Waals surface area contributed by atoms with E-state index in [0.717, 1.165) is 29.6 Å². The summed E-state index contributed by atoms with van der Waals surface area (Å²) in [5.74, 6) is 4.60. The highest BCUT2D eigenvalue weighted by molar-refractivity contribution is 5.11. The second kappa shape index (κ2) is 18.2. The Morgan fingerprint density at radius 3 is 2.03 bits per heavy atom. The molecule has 0 heterocycles. The number of nitrogens with two attached hydrogens (primary N) is 1. The topological polar surface area (TPSA) is 26.0 Å². The van der Waals surface area contributed by atoms with Crippen LogP contribution in [0.25, 0.3) is 0 Å². The fourth-order valence-corrected chi connectivity index (χ4v) is 7.63. The first-order chi connectivity index (χ1) is 16.3. The Hall–Kier alpha value is -0.0400. The van der Waals surface area contributed by atoms with E-state index in [1.807, 2.05) is 27.7 Å². The summed E-state index contributed by atoms with van der Waals surface area (Å²) in [6.07, 6.45) is 22.6. The molecule has 34 heavy (non-hydrogen) atoms. The van der Waals surface area contributed by atoms with E-state index >= 15 is 0 Å². The number of hydrogen-bond acceptors (Lipinski definition) is 1. The van der Waals surface area contributed by atoms with Gasteiger partial charge in [-0.2, -0.15) is 0 Å². The molecule has 0 bridgehead atoms. The van der Waals surface area contributed by atoms with Gasteiger partial charge in [0.1, 0.15) is 0 Å². The van der Waals surface area contributed by atoms with Gasteiger partial charge in [-0.25, -0.2) is 0 Å². The first-order valence-electron chi connectivity index (χ1n) is 16.1. The molecule has 0 aromatic rings. The van der Waals surface area contributed by atoms with E-state index in [0.29, 0.717) is 5.41 Å². The zero-order valence-corrected chi connectivity index (χ0v) is 25.8. The predicted octanol–water partition coefficient (Wildman–Crippen LogP) is 11.2. The molecule has 3 aliphatic carbocycles. The summed E-state index contributed by atoms with van der Waals surface area (Å²) in [6.45, 7) is 22.2. The van der Waals surface area contributed by atoms with Gasteiger partial charge in [0.15, 0.2) is 0 Å². The molecular weight excluding hydrogens is 410 g/mol. The minimum absolute atomic E-state index is 0.128. The highest BCUT2D eigenvalue weighted by Gasteiger charge is 2.56. The molecule has 1 heteroatoms. The summed E-state index contributed by atoms with van der Waals surface area (Å²) in [5, 5.41) is 0. The standard InChI is InChI=1S/C26H49N.C3H8.2C2H6/c1-5-6-7-8-10-22-11-9-12-23-16-18-26(27)19-20(2)15-17-25(26,4)24(23)14-13-21(22)3;1-3-2;2*1-2/h20-24H,5-19,27H2,1-4H3;3H2,1-2H3;2*1-2H3. The second-order valence-corrected chi connectivity index (χ2v) is 12.1. The van der Waals surface area contributed by atoms with Gasteiger partial charge in [0.25, 0.3) is 0 Å². The fraction of sp³-hybridized carbons (Fsp3) is 1.00. The van der Waals surface area contributed by atoms with Crippen LogP contribution in [0.2, 0.25) is 0 Å². The van der Waals surface area contributed by atoms with Gasteiger partial charge in [-0.15, -0.1) is 0 Å². The molecule has 0 aromatic carbocycles. The number of hydrogen-bond donors (Lipinski definition) is 1. The first kappa shape index (κ1) is 34.0. The van der Waals surface area contributed by atoms with Gasteiger partial charge in [-0.05, 0) is 67.1 Å². The lowest BCUT2D eigenvalue weighted by atomic mass is 9.46. The smallest absolute Gasteiger partial charge is 0.0214 e. The van der Waals surface area contributed by atoms with E-state index in [1.165, 1.54) is 103 Å². The van der Waals surface area contributed by atoms with E-state index in [4.69, 9.17) is 5.73 Å². The molecule has 3 aliphatic rings. The molecule has 3 fully saturated rings. The lowest BCUT2D eigenvalue weighted by Gasteiger charge is -2.61. The van der Waals surface area contributed by atoms with Gasteiger partial charge in [-0.1, -0.05) is 140 Å². The third-order valence-corrected chi connectivity index (χ3v) is 9.67. The van der Waals surface area contributed by atoms with Gasteiger partial charge in [0.2, 0.25) is 0 Å². The Bertz CT molecular complexity index is 473. The molecule has 0 saturated heterocycles. The molecule has 0 spiro atoms. The van der Waals surface area contributed by atoms with Crippen molar-refractivity contribution in [1.29, 1.82) is 0 Å². The highest BCUT2D eigenvalue weighted by atomic mass is 14.8. The maximum absolute atomic E-state index is 7.18. The van der Waals surface area contributed by atoms with Crippen LogP contribution in [0.3, 0.4) is 0 Å². The van der Waals surface area contributed by atoms with Crippen LogP contribution in [0.15, 0.2) is 0 Å². The Morgan fingerprint density at radius 2 is 1.41 bits per heavy atom. The van der Waals surface area contributed by atoms with Crippen molar-refractivity contribution < 1.29 is 0 Å². The fourth-order valence-electron chi connectivity index (χ4n) is 7.63. The van der Waals surface area contributed by atoms with Crippen LogP contribution in [0.4, 0.5) is 0 Å². The summed E-state index contributed by atoms with van der Waals surface area (Å²) < 4.78 is 0. The molecule has 3 saturated carbocycles. The number of fused-ring (bicyclic) bond motifs is 3. The molecule has 0 radical (unpaired) electrons. The van der Waals surface area contributed by atoms with Crippen LogP contribution in [0.1, 0.15) is 172 Å². The third-order valence-electron chi connectivity index (χ3n) is 9.67. The van der Waals surface area contributed by atoms with Crippen molar-refractivity contribution in [3.8, 4) is 0 Å². The van der Waals surface area contributed by atoms with Crippen molar-refractivity contribution in [3.05, 3.63) is 0 Å². The molecule has 1 nitrogen and oxygen atoms in total. The number of unbranched alkanes of at least 4 members (excludes halogenated alkanes) is 3. The summed E-state index contributed by atoms with van der Waals surface area (Å²) in [6, 6.07) is 0. The van der Waals surface area contributed by atoms with Gasteiger partial charge < -0.3 is 5.73 Å². The van der Waals surface area contributed by atoms with Crippen LogP contribution < -0.4 is 5.73 Å². The molecule has 0 aliphatic heterocycles. The quantitative estimate of drug-likeness (QED) is 0.390. The zero-order valence-electron chi connectivity index (χ0n) is 25.8. The van der Waals surface area contributed by atoms with Crippen molar-refractivity contribution in [2.75, 3.05) is 0 Å². The molecular formula is C33H69N. The molecule has 3 rings (SSSR count). The van der Waals surface area contributed by atoms with E-state index in [1.54, 1.807) is 0 Å². The van der Waals surface area contributed by atoms with Gasteiger partial charge in [0, 0.05) is 5.54 Å². The molecule has 0 amide bonds. The van der Waals surface area contributed by atoms with Crippen LogP contribution in [-0.2, 0) is 0 Å². The van der Waals surface area contributed by atoms with Crippen molar-refractivity contribution >= 4 is 0 Å². The lowest BCUT2D eigenvalue weighted by molar-refractivity contribution is -0.0743. The van der Waals surface area contributed by atoms with E-state index in [2.05, 4.69) is 41.5 Å². The maximum atomic E-state index is 7.18. The van der Waals surface area contributed by atoms with Gasteiger partial charge in [-0.3, -0.25) is 0 Å². The number of rotatable bonds is 5. The predicted molar refractivity (Wildman–Crippen MR) is 157 cm³/mol. The normalized spacial score (nSPS) is 37.3. The lowest BCUT2D eigenvalue weighted by Crippen LogP contribution is -2.64. The Morgan fingerprint density at radius 1 is 0.765 bits per heavy atom. The van der Waals surface area contributed by atoms with Crippen LogP contribution in [-0.4, -0.2) is 5.54 Å². The molecule has 2 N–H and O–H groups in total. The third kappa shape index (κ3) is 9.44. The Labute approximate surface area is 218 Å². The van der Waals surface area contributed by atoms with Crippen LogP contribution in [0.5, 0.6) is 0 Å². The zero-order chi connectivity index (χ0) is 26.2. The van der Waals surface area contributed by atoms with Crippen molar-refractivity contribution in [1.82, 2.24) is 0 Å². The van der Waals surface area contributed by atoms with Gasteiger partial charge >= 0.3 is 0 Å². The largest absolute Gasteiger partial charge is 0.325 e. The SMILES string of the molecule is CC.CC.CCC.CCCCCCC1CCCC2CCC3(N)CC(C)CCC3(C)C2CCC1C. The summed E-state index contributed by atoms with van der Waals surface area (Å²) in [5.41, 5.74) is 7.71. The minimum atomic E-state index is 0.128. The molecule has 7 atom stereocenters. The first-order valence-corrected chi connectivity index (χ1v) is 16.1. The average molecular weight is 480 g/mol. The summed E-state index contributed by atoms with van der Waals surface area (Å²) in [4.78, 5) is 0.